The number of piperidine rings is 1. The summed E-state index contributed by atoms with van der Waals surface area (Å²) < 4.78 is 6.88. The molecule has 3 aromatic carbocycles. The first kappa shape index (κ1) is 28.5. The second kappa shape index (κ2) is 13.5. The fraction of sp³-hybridized carbons (Fsp3) is 0.324. The molecule has 1 unspecified atom stereocenters. The van der Waals surface area contributed by atoms with Gasteiger partial charge in [-0.1, -0.05) is 96.2 Å². The van der Waals surface area contributed by atoms with Crippen molar-refractivity contribution >= 4 is 12.0 Å². The van der Waals surface area contributed by atoms with Gasteiger partial charge in [0.1, 0.15) is 0 Å². The number of nitrogens with zero attached hydrogens (tertiary/aromatic N) is 4. The number of aliphatic hydroxyl groups is 1. The largest absolute Gasteiger partial charge is 0.466 e. The van der Waals surface area contributed by atoms with Crippen LogP contribution < -0.4 is 0 Å². The van der Waals surface area contributed by atoms with Crippen LogP contribution in [0.3, 0.4) is 0 Å². The number of carbonyl (C=O) groups excluding carboxylic acids is 1. The summed E-state index contributed by atoms with van der Waals surface area (Å²) in [6.07, 6.45) is 5.73. The molecule has 0 amide bonds. The maximum absolute atomic E-state index is 11.7. The van der Waals surface area contributed by atoms with Crippen molar-refractivity contribution in [2.75, 3.05) is 19.7 Å². The smallest absolute Gasteiger partial charge is 0.305 e. The van der Waals surface area contributed by atoms with Crippen molar-refractivity contribution in [2.45, 2.75) is 50.8 Å². The highest BCUT2D eigenvalue weighted by Crippen LogP contribution is 2.44. The molecule has 5 rings (SSSR count). The Morgan fingerprint density at radius 1 is 0.951 bits per heavy atom. The topological polar surface area (TPSA) is 80.5 Å². The van der Waals surface area contributed by atoms with Crippen LogP contribution in [0.15, 0.2) is 103 Å². The fourth-order valence-corrected chi connectivity index (χ4v) is 5.89. The molecule has 1 fully saturated rings. The van der Waals surface area contributed by atoms with E-state index in [1.54, 1.807) is 6.20 Å². The molecular formula is C34H38N4O3. The molecule has 0 aliphatic carbocycles. The van der Waals surface area contributed by atoms with Crippen molar-refractivity contribution in [1.29, 1.82) is 0 Å². The van der Waals surface area contributed by atoms with Crippen LogP contribution in [-0.4, -0.2) is 56.8 Å². The molecular weight excluding hydrogens is 512 g/mol. The van der Waals surface area contributed by atoms with Crippen molar-refractivity contribution in [1.82, 2.24) is 19.9 Å². The van der Waals surface area contributed by atoms with E-state index in [-0.39, 0.29) is 5.97 Å². The maximum atomic E-state index is 11.7. The Hall–Kier alpha value is -4.07. The molecule has 0 saturated carbocycles. The van der Waals surface area contributed by atoms with Gasteiger partial charge in [0.05, 0.1) is 30.1 Å². The number of aryl methyl sites for hydroxylation is 1. The van der Waals surface area contributed by atoms with Crippen molar-refractivity contribution in [3.63, 3.8) is 0 Å². The second-order valence-corrected chi connectivity index (χ2v) is 10.4. The Labute approximate surface area is 242 Å². The van der Waals surface area contributed by atoms with E-state index in [1.165, 1.54) is 16.7 Å². The highest BCUT2D eigenvalue weighted by molar-refractivity contribution is 5.69. The summed E-state index contributed by atoms with van der Waals surface area (Å²) in [4.78, 5) is 14.2. The second-order valence-electron chi connectivity index (χ2n) is 10.4. The van der Waals surface area contributed by atoms with Gasteiger partial charge in [-0.05, 0) is 54.5 Å². The van der Waals surface area contributed by atoms with Crippen LogP contribution in [0.5, 0.6) is 0 Å². The number of carbonyl (C=O) groups is 1. The quantitative estimate of drug-likeness (QED) is 0.152. The van der Waals surface area contributed by atoms with Gasteiger partial charge in [-0.3, -0.25) is 9.69 Å². The molecule has 1 aliphatic rings. The predicted octanol–water partition coefficient (Wildman–Crippen LogP) is 5.45. The van der Waals surface area contributed by atoms with Gasteiger partial charge in [0.2, 0.25) is 0 Å². The number of likely N-dealkylation sites (tertiary alicyclic amines) is 1. The van der Waals surface area contributed by atoms with E-state index < -0.39 is 11.6 Å². The summed E-state index contributed by atoms with van der Waals surface area (Å²) in [5.41, 5.74) is 4.78. The van der Waals surface area contributed by atoms with Gasteiger partial charge >= 0.3 is 5.97 Å². The first-order chi connectivity index (χ1) is 20.1. The summed E-state index contributed by atoms with van der Waals surface area (Å²) >= 11 is 0. The maximum Gasteiger partial charge on any atom is 0.305 e. The van der Waals surface area contributed by atoms with E-state index in [9.17, 15) is 9.90 Å². The highest BCUT2D eigenvalue weighted by atomic mass is 16.5. The van der Waals surface area contributed by atoms with Crippen LogP contribution in [0.2, 0.25) is 0 Å². The molecule has 4 aromatic rings. The van der Waals surface area contributed by atoms with Gasteiger partial charge in [0.25, 0.3) is 0 Å². The van der Waals surface area contributed by atoms with Gasteiger partial charge in [-0.25, -0.2) is 4.68 Å². The standard InChI is InChI=1S/C34H38N4O3/c1-2-41-33(40)20-12-13-22-38-31(25-35-36-38)24-27-26-37(23-21-32(27)39)34(28-14-6-3-7-15-28,29-16-8-4-9-17-29)30-18-10-5-11-19-30/h3-11,14-19,24-25,32,39H,2,12-13,20-23,26H2,1H3/b27-24-. The first-order valence-electron chi connectivity index (χ1n) is 14.5. The number of aliphatic hydroxyl groups excluding tert-OH is 1. The summed E-state index contributed by atoms with van der Waals surface area (Å²) in [5, 5.41) is 19.6. The number of unbranched alkanes of at least 4 members (excludes halogenated alkanes) is 1. The number of hydrogen-bond acceptors (Lipinski definition) is 6. The lowest BCUT2D eigenvalue weighted by Crippen LogP contribution is -2.52. The van der Waals surface area contributed by atoms with Crippen molar-refractivity contribution in [2.24, 2.45) is 0 Å². The lowest BCUT2D eigenvalue weighted by molar-refractivity contribution is -0.143. The summed E-state index contributed by atoms with van der Waals surface area (Å²) in [6.45, 7) is 4.16. The van der Waals surface area contributed by atoms with Crippen molar-refractivity contribution in [3.8, 4) is 0 Å². The summed E-state index contributed by atoms with van der Waals surface area (Å²) in [6, 6.07) is 31.9. The molecule has 212 valence electrons. The van der Waals surface area contributed by atoms with Crippen LogP contribution in [0, 0.1) is 0 Å². The average Bonchev–Trinajstić information content (AvgIpc) is 3.46. The molecule has 0 spiro atoms. The first-order valence-corrected chi connectivity index (χ1v) is 14.5. The lowest BCUT2D eigenvalue weighted by Gasteiger charge is -2.48. The fourth-order valence-electron chi connectivity index (χ4n) is 5.89. The number of ether oxygens (including phenoxy) is 1. The molecule has 0 bridgehead atoms. The molecule has 41 heavy (non-hydrogen) atoms. The molecule has 1 aromatic heterocycles. The number of benzene rings is 3. The summed E-state index contributed by atoms with van der Waals surface area (Å²) in [5.74, 6) is -0.169. The number of esters is 1. The number of hydrogen-bond donors (Lipinski definition) is 1. The molecule has 7 heteroatoms. The zero-order chi connectivity index (χ0) is 28.5. The third kappa shape index (κ3) is 6.32. The van der Waals surface area contributed by atoms with E-state index in [1.807, 2.05) is 17.7 Å². The molecule has 1 saturated heterocycles. The van der Waals surface area contributed by atoms with E-state index >= 15 is 0 Å². The van der Waals surface area contributed by atoms with E-state index in [4.69, 9.17) is 4.74 Å². The SMILES string of the molecule is CCOC(=O)CCCCn1nncc1/C=C1/CN(C(c2ccccc2)(c2ccccc2)c2ccccc2)CCC1O. The lowest BCUT2D eigenvalue weighted by atomic mass is 9.74. The van der Waals surface area contributed by atoms with Crippen molar-refractivity contribution in [3.05, 3.63) is 125 Å². The van der Waals surface area contributed by atoms with Crippen LogP contribution in [0.4, 0.5) is 0 Å². The number of rotatable bonds is 11. The van der Waals surface area contributed by atoms with Crippen LogP contribution >= 0.6 is 0 Å². The zero-order valence-electron chi connectivity index (χ0n) is 23.6. The minimum absolute atomic E-state index is 0.169. The Kier molecular flexibility index (Phi) is 9.39. The van der Waals surface area contributed by atoms with Gasteiger partial charge in [0, 0.05) is 26.1 Å². The number of aromatic nitrogens is 3. The third-order valence-corrected chi connectivity index (χ3v) is 7.81. The Morgan fingerprint density at radius 2 is 1.54 bits per heavy atom. The normalized spacial score (nSPS) is 17.0. The van der Waals surface area contributed by atoms with Gasteiger partial charge < -0.3 is 9.84 Å². The van der Waals surface area contributed by atoms with E-state index in [0.717, 1.165) is 30.7 Å². The van der Waals surface area contributed by atoms with Crippen LogP contribution in [-0.2, 0) is 21.6 Å². The zero-order valence-corrected chi connectivity index (χ0v) is 23.6. The third-order valence-electron chi connectivity index (χ3n) is 7.81. The molecule has 1 N–H and O–H groups in total. The predicted molar refractivity (Wildman–Crippen MR) is 160 cm³/mol. The minimum Gasteiger partial charge on any atom is -0.466 e. The van der Waals surface area contributed by atoms with E-state index in [0.29, 0.717) is 32.5 Å². The van der Waals surface area contributed by atoms with E-state index in [2.05, 4.69) is 106 Å². The average molecular weight is 551 g/mol. The minimum atomic E-state index is -0.557. The molecule has 7 nitrogen and oxygen atoms in total. The van der Waals surface area contributed by atoms with Crippen LogP contribution in [0.1, 0.15) is 55.0 Å². The molecule has 1 atom stereocenters. The van der Waals surface area contributed by atoms with Gasteiger partial charge in [-0.2, -0.15) is 0 Å². The monoisotopic (exact) mass is 550 g/mol. The van der Waals surface area contributed by atoms with Crippen LogP contribution in [0.25, 0.3) is 6.08 Å². The molecule has 1 aliphatic heterocycles. The summed E-state index contributed by atoms with van der Waals surface area (Å²) in [7, 11) is 0. The molecule has 0 radical (unpaired) electrons. The van der Waals surface area contributed by atoms with Crippen molar-refractivity contribution < 1.29 is 14.6 Å². The Morgan fingerprint density at radius 3 is 2.10 bits per heavy atom. The molecule has 2 heterocycles. The Balaban J connectivity index is 1.48. The van der Waals surface area contributed by atoms with Gasteiger partial charge in [-0.15, -0.1) is 5.10 Å². The Bertz CT molecular complexity index is 1320. The van der Waals surface area contributed by atoms with Gasteiger partial charge in [0.15, 0.2) is 0 Å². The highest BCUT2D eigenvalue weighted by Gasteiger charge is 2.44.